The number of hydrogen-bond acceptors (Lipinski definition) is 4. The molecule has 6 nitrogen and oxygen atoms in total. The lowest BCUT2D eigenvalue weighted by Gasteiger charge is -2.36. The number of amides is 2. The van der Waals surface area contributed by atoms with Gasteiger partial charge < -0.3 is 9.64 Å². The fraction of sp³-hybridized carbons (Fsp3) is 0.552. The number of alkyl halides is 1. The van der Waals surface area contributed by atoms with Gasteiger partial charge in [-0.1, -0.05) is 38.1 Å². The number of halogens is 2. The van der Waals surface area contributed by atoms with Crippen molar-refractivity contribution in [3.05, 3.63) is 59.4 Å². The molecule has 1 aliphatic carbocycles. The maximum atomic E-state index is 14.3. The molecule has 8 heteroatoms. The van der Waals surface area contributed by atoms with Crippen molar-refractivity contribution in [2.75, 3.05) is 19.6 Å². The monoisotopic (exact) mass is 513 g/mol. The number of carbonyl (C=O) groups is 2. The van der Waals surface area contributed by atoms with Crippen molar-refractivity contribution < 1.29 is 23.1 Å². The Balaban J connectivity index is 1.58. The molecule has 4 rings (SSSR count). The lowest BCUT2D eigenvalue weighted by Crippen LogP contribution is -2.47. The minimum atomic E-state index is -1.37. The van der Waals surface area contributed by atoms with E-state index >= 15 is 0 Å². The van der Waals surface area contributed by atoms with Crippen LogP contribution < -0.4 is 0 Å². The molecule has 0 N–H and O–H groups in total. The largest absolute Gasteiger partial charge is 0.444 e. The first-order valence-corrected chi connectivity index (χ1v) is 13.1. The van der Waals surface area contributed by atoms with Gasteiger partial charge >= 0.3 is 6.09 Å². The Bertz CT molecular complexity index is 1110. The van der Waals surface area contributed by atoms with E-state index in [1.807, 2.05) is 27.7 Å². The Morgan fingerprint density at radius 2 is 1.84 bits per heavy atom. The van der Waals surface area contributed by atoms with Crippen LogP contribution in [0.1, 0.15) is 59.4 Å². The molecular weight excluding hydrogens is 476 g/mol. The van der Waals surface area contributed by atoms with Crippen LogP contribution in [0.15, 0.2) is 53.1 Å². The summed E-state index contributed by atoms with van der Waals surface area (Å²) in [7, 11) is 0. The first-order chi connectivity index (χ1) is 17.4. The van der Waals surface area contributed by atoms with Crippen LogP contribution in [-0.2, 0) is 15.1 Å². The summed E-state index contributed by atoms with van der Waals surface area (Å²) in [5, 5.41) is 0. The van der Waals surface area contributed by atoms with Crippen LogP contribution in [-0.4, -0.2) is 59.0 Å². The highest BCUT2D eigenvalue weighted by Gasteiger charge is 2.52. The molecule has 2 heterocycles. The van der Waals surface area contributed by atoms with E-state index in [-0.39, 0.29) is 17.9 Å². The van der Waals surface area contributed by atoms with Gasteiger partial charge in [-0.15, -0.1) is 0 Å². The van der Waals surface area contributed by atoms with Gasteiger partial charge in [0.25, 0.3) is 5.91 Å². The number of benzene rings is 1. The van der Waals surface area contributed by atoms with Crippen molar-refractivity contribution >= 4 is 17.8 Å². The van der Waals surface area contributed by atoms with E-state index in [2.05, 4.69) is 0 Å². The summed E-state index contributed by atoms with van der Waals surface area (Å²) in [5.41, 5.74) is -0.749. The average Bonchev–Trinajstić information content (AvgIpc) is 3.13. The minimum Gasteiger partial charge on any atom is -0.444 e. The molecule has 200 valence electrons. The third kappa shape index (κ3) is 5.48. The van der Waals surface area contributed by atoms with Crippen molar-refractivity contribution in [1.82, 2.24) is 9.80 Å². The Morgan fingerprint density at radius 1 is 1.19 bits per heavy atom. The molecule has 1 fully saturated rings. The molecule has 0 bridgehead atoms. The van der Waals surface area contributed by atoms with Crippen LogP contribution >= 0.6 is 0 Å². The van der Waals surface area contributed by atoms with E-state index in [1.165, 1.54) is 18.2 Å². The maximum absolute atomic E-state index is 14.3. The van der Waals surface area contributed by atoms with Gasteiger partial charge in [-0.3, -0.25) is 9.69 Å². The van der Waals surface area contributed by atoms with Gasteiger partial charge in [0.2, 0.25) is 0 Å². The molecule has 2 amide bonds. The van der Waals surface area contributed by atoms with Crippen LogP contribution in [0, 0.1) is 17.7 Å². The SMILES string of the molecule is CCC1=NC(C2=CC(C)C(F)C=C2)(c2ccc(F)cc2)C(=O)N1CC1CCN(C(=O)OC(C)(C)C)CC1. The highest BCUT2D eigenvalue weighted by atomic mass is 19.1. The number of aliphatic imine (C=N–C) groups is 1. The molecule has 1 aromatic carbocycles. The quantitative estimate of drug-likeness (QED) is 0.501. The van der Waals surface area contributed by atoms with Crippen LogP contribution in [0.5, 0.6) is 0 Å². The van der Waals surface area contributed by atoms with Crippen molar-refractivity contribution in [3.63, 3.8) is 0 Å². The van der Waals surface area contributed by atoms with E-state index in [4.69, 9.17) is 9.73 Å². The molecule has 0 saturated carbocycles. The minimum absolute atomic E-state index is 0.188. The standard InChI is InChI=1S/C29H37F2N3O3/c1-6-25-32-29(21-7-10-23(30)11-8-21,22-9-12-24(31)19(2)17-22)26(35)34(25)18-20-13-15-33(16-14-20)27(36)37-28(3,4)5/h7-12,17,19-20,24H,6,13-16,18H2,1-5H3. The third-order valence-corrected chi connectivity index (χ3v) is 7.27. The fourth-order valence-electron chi connectivity index (χ4n) is 5.23. The van der Waals surface area contributed by atoms with Gasteiger partial charge in [0.1, 0.15) is 23.4 Å². The second-order valence-corrected chi connectivity index (χ2v) is 11.2. The number of allylic oxidation sites excluding steroid dienone is 2. The Morgan fingerprint density at radius 3 is 2.41 bits per heavy atom. The Labute approximate surface area is 218 Å². The predicted octanol–water partition coefficient (Wildman–Crippen LogP) is 5.79. The summed E-state index contributed by atoms with van der Waals surface area (Å²) in [4.78, 5) is 35.1. The summed E-state index contributed by atoms with van der Waals surface area (Å²) < 4.78 is 33.6. The smallest absolute Gasteiger partial charge is 0.410 e. The van der Waals surface area contributed by atoms with E-state index in [1.54, 1.807) is 41.0 Å². The maximum Gasteiger partial charge on any atom is 0.410 e. The van der Waals surface area contributed by atoms with Crippen LogP contribution in [0.25, 0.3) is 0 Å². The fourth-order valence-corrected chi connectivity index (χ4v) is 5.23. The van der Waals surface area contributed by atoms with Crippen LogP contribution in [0.3, 0.4) is 0 Å². The third-order valence-electron chi connectivity index (χ3n) is 7.27. The van der Waals surface area contributed by atoms with Gasteiger partial charge in [-0.05, 0) is 68.9 Å². The van der Waals surface area contributed by atoms with E-state index in [0.717, 1.165) is 12.8 Å². The number of amidine groups is 1. The number of ether oxygens (including phenoxy) is 1. The number of likely N-dealkylation sites (tertiary alicyclic amines) is 1. The molecule has 3 atom stereocenters. The van der Waals surface area contributed by atoms with Crippen molar-refractivity contribution in [1.29, 1.82) is 0 Å². The van der Waals surface area contributed by atoms with Crippen LogP contribution in [0.4, 0.5) is 13.6 Å². The average molecular weight is 514 g/mol. The summed E-state index contributed by atoms with van der Waals surface area (Å²) in [6, 6.07) is 5.84. The molecule has 1 aromatic rings. The highest BCUT2D eigenvalue weighted by Crippen LogP contribution is 2.44. The number of piperidine rings is 1. The zero-order valence-electron chi connectivity index (χ0n) is 22.3. The van der Waals surface area contributed by atoms with Gasteiger partial charge in [0.15, 0.2) is 5.54 Å². The summed E-state index contributed by atoms with van der Waals surface area (Å²) in [6.07, 6.45) is 5.46. The predicted molar refractivity (Wildman–Crippen MR) is 139 cm³/mol. The molecule has 37 heavy (non-hydrogen) atoms. The zero-order chi connectivity index (χ0) is 27.0. The van der Waals surface area contributed by atoms with Crippen molar-refractivity contribution in [3.8, 4) is 0 Å². The molecule has 2 aliphatic heterocycles. The molecular formula is C29H37F2N3O3. The summed E-state index contributed by atoms with van der Waals surface area (Å²) in [5.74, 6) is -0.160. The first kappa shape index (κ1) is 27.0. The normalized spacial score (nSPS) is 26.8. The van der Waals surface area contributed by atoms with Crippen molar-refractivity contribution in [2.45, 2.75) is 71.2 Å². The lowest BCUT2D eigenvalue weighted by atomic mass is 9.78. The second-order valence-electron chi connectivity index (χ2n) is 11.2. The van der Waals surface area contributed by atoms with Gasteiger partial charge in [-0.25, -0.2) is 18.6 Å². The number of carbonyl (C=O) groups excluding carboxylic acids is 2. The topological polar surface area (TPSA) is 62.2 Å². The number of nitrogens with zero attached hydrogens (tertiary/aromatic N) is 3. The Kier molecular flexibility index (Phi) is 7.58. The van der Waals surface area contributed by atoms with Gasteiger partial charge in [0.05, 0.1) is 0 Å². The Hall–Kier alpha value is -3.03. The van der Waals surface area contributed by atoms with Crippen molar-refractivity contribution in [2.24, 2.45) is 16.8 Å². The summed E-state index contributed by atoms with van der Waals surface area (Å²) >= 11 is 0. The zero-order valence-corrected chi connectivity index (χ0v) is 22.3. The molecule has 3 unspecified atom stereocenters. The van der Waals surface area contributed by atoms with E-state index < -0.39 is 29.0 Å². The molecule has 1 saturated heterocycles. The van der Waals surface area contributed by atoms with Crippen LogP contribution in [0.2, 0.25) is 0 Å². The van der Waals surface area contributed by atoms with Gasteiger partial charge in [0, 0.05) is 32.0 Å². The summed E-state index contributed by atoms with van der Waals surface area (Å²) in [6.45, 7) is 10.9. The highest BCUT2D eigenvalue weighted by molar-refractivity contribution is 6.10. The first-order valence-electron chi connectivity index (χ1n) is 13.1. The molecule has 3 aliphatic rings. The van der Waals surface area contributed by atoms with E-state index in [0.29, 0.717) is 43.0 Å². The van der Waals surface area contributed by atoms with E-state index in [9.17, 15) is 18.4 Å². The second kappa shape index (κ2) is 10.4. The molecule has 0 spiro atoms. The van der Waals surface area contributed by atoms with Gasteiger partial charge in [-0.2, -0.15) is 0 Å². The number of rotatable bonds is 5. The number of hydrogen-bond donors (Lipinski definition) is 0. The molecule has 0 aromatic heterocycles. The lowest BCUT2D eigenvalue weighted by molar-refractivity contribution is -0.130. The molecule has 0 radical (unpaired) electrons.